The van der Waals surface area contributed by atoms with Gasteiger partial charge in [0.15, 0.2) is 0 Å². The summed E-state index contributed by atoms with van der Waals surface area (Å²) in [6.07, 6.45) is 9.91. The molecule has 0 aromatic heterocycles. The zero-order valence-electron chi connectivity index (χ0n) is 14.4. The molecule has 1 aromatic carbocycles. The summed E-state index contributed by atoms with van der Waals surface area (Å²) in [6, 6.07) is 9.24. The van der Waals surface area contributed by atoms with E-state index >= 15 is 0 Å². The van der Waals surface area contributed by atoms with Gasteiger partial charge >= 0.3 is 5.97 Å². The smallest absolute Gasteiger partial charge is 0.338 e. The van der Waals surface area contributed by atoms with E-state index in [1.54, 1.807) is 17.7 Å². The molecule has 1 saturated carbocycles. The normalized spacial score (nSPS) is 25.6. The second-order valence-corrected chi connectivity index (χ2v) is 7.78. The van der Waals surface area contributed by atoms with Crippen molar-refractivity contribution in [1.82, 2.24) is 0 Å². The lowest BCUT2D eigenvalue weighted by molar-refractivity contribution is 0.0500. The number of carbonyl (C=O) groups is 1. The summed E-state index contributed by atoms with van der Waals surface area (Å²) in [5, 5.41) is 0. The van der Waals surface area contributed by atoms with Gasteiger partial charge in [0.1, 0.15) is 0 Å². The molecule has 0 saturated heterocycles. The van der Waals surface area contributed by atoms with Crippen molar-refractivity contribution in [2.75, 3.05) is 6.61 Å². The first-order chi connectivity index (χ1) is 11.1. The predicted molar refractivity (Wildman–Crippen MR) is 93.3 cm³/mol. The van der Waals surface area contributed by atoms with Crippen molar-refractivity contribution in [3.05, 3.63) is 47.5 Å². The first-order valence-electron chi connectivity index (χ1n) is 8.98. The zero-order chi connectivity index (χ0) is 16.3. The van der Waals surface area contributed by atoms with Crippen molar-refractivity contribution < 1.29 is 9.53 Å². The molecule has 0 spiro atoms. The number of fused-ring (bicyclic) bond motifs is 1. The van der Waals surface area contributed by atoms with Gasteiger partial charge < -0.3 is 4.74 Å². The molecule has 0 bridgehead atoms. The van der Waals surface area contributed by atoms with Gasteiger partial charge in [-0.3, -0.25) is 0 Å². The molecule has 3 rings (SSSR count). The van der Waals surface area contributed by atoms with E-state index in [9.17, 15) is 4.79 Å². The number of esters is 1. The quantitative estimate of drug-likeness (QED) is 0.413. The lowest BCUT2D eigenvalue weighted by atomic mass is 9.73. The van der Waals surface area contributed by atoms with Crippen LogP contribution < -0.4 is 0 Å². The van der Waals surface area contributed by atoms with Gasteiger partial charge in [0, 0.05) is 0 Å². The van der Waals surface area contributed by atoms with Gasteiger partial charge in [0.2, 0.25) is 0 Å². The second kappa shape index (κ2) is 6.90. The van der Waals surface area contributed by atoms with Gasteiger partial charge in [-0.1, -0.05) is 43.7 Å². The van der Waals surface area contributed by atoms with Crippen molar-refractivity contribution in [3.63, 3.8) is 0 Å². The fraction of sp³-hybridized carbons (Fsp3) is 0.571. The molecule has 0 heterocycles. The van der Waals surface area contributed by atoms with E-state index in [0.717, 1.165) is 24.7 Å². The number of hydrogen-bond donors (Lipinski definition) is 0. The summed E-state index contributed by atoms with van der Waals surface area (Å²) in [5.74, 6) is 1.46. The van der Waals surface area contributed by atoms with Crippen molar-refractivity contribution in [3.8, 4) is 0 Å². The van der Waals surface area contributed by atoms with E-state index in [2.05, 4.69) is 19.9 Å². The Labute approximate surface area is 139 Å². The maximum Gasteiger partial charge on any atom is 0.338 e. The van der Waals surface area contributed by atoms with Gasteiger partial charge in [-0.2, -0.15) is 0 Å². The third-order valence-corrected chi connectivity index (χ3v) is 5.71. The molecule has 0 radical (unpaired) electrons. The highest BCUT2D eigenvalue weighted by molar-refractivity contribution is 5.89. The average molecular weight is 312 g/mol. The number of allylic oxidation sites excluding steroid dienone is 2. The SMILES string of the molecule is CC1(C)CCC2CCC(CCCOC(=O)c3ccccc3)=CC21. The average Bonchev–Trinajstić information content (AvgIpc) is 2.87. The predicted octanol–water partition coefficient (Wildman–Crippen LogP) is 5.40. The summed E-state index contributed by atoms with van der Waals surface area (Å²) in [4.78, 5) is 11.9. The molecule has 2 atom stereocenters. The fourth-order valence-electron chi connectivity index (χ4n) is 4.27. The molecule has 2 aliphatic rings. The molecule has 0 aliphatic heterocycles. The first kappa shape index (κ1) is 16.3. The molecule has 0 N–H and O–H groups in total. The standard InChI is InChI=1S/C21H28O2/c1-21(2)13-12-17-11-10-16(15-19(17)21)7-6-14-23-20(22)18-8-4-3-5-9-18/h3-5,8-9,15,17,19H,6-7,10-14H2,1-2H3. The number of benzene rings is 1. The van der Waals surface area contributed by atoms with Crippen LogP contribution in [-0.4, -0.2) is 12.6 Å². The minimum absolute atomic E-state index is 0.208. The number of hydrogen-bond acceptors (Lipinski definition) is 2. The number of ether oxygens (including phenoxy) is 1. The molecule has 124 valence electrons. The van der Waals surface area contributed by atoms with Crippen LogP contribution in [0.25, 0.3) is 0 Å². The molecule has 0 amide bonds. The van der Waals surface area contributed by atoms with Crippen LogP contribution in [0, 0.1) is 17.3 Å². The molecule has 1 fully saturated rings. The van der Waals surface area contributed by atoms with E-state index in [1.807, 2.05) is 18.2 Å². The van der Waals surface area contributed by atoms with Crippen LogP contribution in [0.2, 0.25) is 0 Å². The third kappa shape index (κ3) is 3.85. The Balaban J connectivity index is 1.45. The Morgan fingerprint density at radius 2 is 2.00 bits per heavy atom. The van der Waals surface area contributed by atoms with Gasteiger partial charge in [0.25, 0.3) is 0 Å². The minimum atomic E-state index is -0.208. The second-order valence-electron chi connectivity index (χ2n) is 7.78. The molecule has 2 unspecified atom stereocenters. The lowest BCUT2D eigenvalue weighted by Crippen LogP contribution is -2.23. The molecule has 23 heavy (non-hydrogen) atoms. The summed E-state index contributed by atoms with van der Waals surface area (Å²) in [7, 11) is 0. The van der Waals surface area contributed by atoms with Crippen LogP contribution in [0.3, 0.4) is 0 Å². The minimum Gasteiger partial charge on any atom is -0.462 e. The van der Waals surface area contributed by atoms with Crippen molar-refractivity contribution in [2.45, 2.75) is 52.4 Å². The fourth-order valence-corrected chi connectivity index (χ4v) is 4.27. The van der Waals surface area contributed by atoms with Crippen LogP contribution in [0.5, 0.6) is 0 Å². The Morgan fingerprint density at radius 1 is 1.22 bits per heavy atom. The summed E-state index contributed by atoms with van der Waals surface area (Å²) in [5.41, 5.74) is 2.69. The lowest BCUT2D eigenvalue weighted by Gasteiger charge is -2.32. The van der Waals surface area contributed by atoms with Crippen LogP contribution >= 0.6 is 0 Å². The van der Waals surface area contributed by atoms with Crippen LogP contribution in [0.15, 0.2) is 42.0 Å². The molecular weight excluding hydrogens is 284 g/mol. The Morgan fingerprint density at radius 3 is 2.78 bits per heavy atom. The molecular formula is C21H28O2. The Bertz CT molecular complexity index is 571. The number of rotatable bonds is 5. The summed E-state index contributed by atoms with van der Waals surface area (Å²) < 4.78 is 5.38. The van der Waals surface area contributed by atoms with Gasteiger partial charge in [-0.15, -0.1) is 0 Å². The highest BCUT2D eigenvalue weighted by Crippen LogP contribution is 2.52. The molecule has 2 nitrogen and oxygen atoms in total. The van der Waals surface area contributed by atoms with E-state index in [1.165, 1.54) is 25.7 Å². The van der Waals surface area contributed by atoms with Crippen molar-refractivity contribution in [2.24, 2.45) is 17.3 Å². The highest BCUT2D eigenvalue weighted by Gasteiger charge is 2.41. The van der Waals surface area contributed by atoms with Crippen LogP contribution in [-0.2, 0) is 4.74 Å². The van der Waals surface area contributed by atoms with Gasteiger partial charge in [-0.25, -0.2) is 4.79 Å². The van der Waals surface area contributed by atoms with Gasteiger partial charge in [0.05, 0.1) is 12.2 Å². The largest absolute Gasteiger partial charge is 0.462 e. The zero-order valence-corrected chi connectivity index (χ0v) is 14.4. The van der Waals surface area contributed by atoms with Crippen molar-refractivity contribution in [1.29, 1.82) is 0 Å². The summed E-state index contributed by atoms with van der Waals surface area (Å²) >= 11 is 0. The van der Waals surface area contributed by atoms with E-state index in [4.69, 9.17) is 4.74 Å². The Kier molecular flexibility index (Phi) is 4.89. The molecule has 2 heteroatoms. The maximum absolute atomic E-state index is 11.9. The van der Waals surface area contributed by atoms with Crippen LogP contribution in [0.1, 0.15) is 62.7 Å². The van der Waals surface area contributed by atoms with E-state index in [0.29, 0.717) is 17.6 Å². The van der Waals surface area contributed by atoms with E-state index < -0.39 is 0 Å². The topological polar surface area (TPSA) is 26.3 Å². The monoisotopic (exact) mass is 312 g/mol. The highest BCUT2D eigenvalue weighted by atomic mass is 16.5. The van der Waals surface area contributed by atoms with Crippen molar-refractivity contribution >= 4 is 5.97 Å². The molecule has 2 aliphatic carbocycles. The van der Waals surface area contributed by atoms with E-state index in [-0.39, 0.29) is 5.97 Å². The first-order valence-corrected chi connectivity index (χ1v) is 8.98. The third-order valence-electron chi connectivity index (χ3n) is 5.71. The molecule has 1 aromatic rings. The maximum atomic E-state index is 11.9. The summed E-state index contributed by atoms with van der Waals surface area (Å²) in [6.45, 7) is 5.35. The Hall–Kier alpha value is -1.57. The van der Waals surface area contributed by atoms with Gasteiger partial charge in [-0.05, 0) is 67.9 Å². The van der Waals surface area contributed by atoms with Crippen LogP contribution in [0.4, 0.5) is 0 Å². The number of carbonyl (C=O) groups excluding carboxylic acids is 1.